The topological polar surface area (TPSA) is 115 Å². The van der Waals surface area contributed by atoms with Gasteiger partial charge in [0.25, 0.3) is 5.97 Å². The Hall–Kier alpha value is 1.97. The molecule has 0 aliphatic heterocycles. The van der Waals surface area contributed by atoms with Gasteiger partial charge < -0.3 is 19.8 Å². The molecule has 0 saturated carbocycles. The maximum atomic E-state index is 9.00. The van der Waals surface area contributed by atoms with E-state index in [9.17, 15) is 0 Å². The van der Waals surface area contributed by atoms with Gasteiger partial charge in [-0.1, -0.05) is 0 Å². The number of carbonyl (C=O) groups is 1. The standard InChI is InChI=1S/C2H4O2.2La.H3O4P/c1-2(3)4;;;1-5(2,3)4/h1H3,(H,3,4);;;(H3,1,2,3,4). The van der Waals surface area contributed by atoms with Crippen LogP contribution in [0.5, 0.6) is 0 Å². The molecule has 6 nitrogen and oxygen atoms in total. The number of carboxylic acids is 1. The molecule has 0 saturated heterocycles. The predicted molar refractivity (Wildman–Crippen MR) is 27.6 cm³/mol. The molecular weight excluding hydrogens is 429 g/mol. The van der Waals surface area contributed by atoms with E-state index in [1.165, 1.54) is 0 Å². The Morgan fingerprint density at radius 1 is 1.18 bits per heavy atom. The van der Waals surface area contributed by atoms with Gasteiger partial charge in [-0.2, -0.15) is 0 Å². The Morgan fingerprint density at radius 2 is 1.18 bits per heavy atom. The van der Waals surface area contributed by atoms with Crippen LogP contribution in [0, 0.1) is 71.2 Å². The fourth-order valence-electron chi connectivity index (χ4n) is 0. The van der Waals surface area contributed by atoms with E-state index in [0.29, 0.717) is 0 Å². The normalized spacial score (nSPS) is 7.64. The quantitative estimate of drug-likeness (QED) is 0.369. The van der Waals surface area contributed by atoms with Crippen molar-refractivity contribution in [3.8, 4) is 0 Å². The summed E-state index contributed by atoms with van der Waals surface area (Å²) < 4.78 is 8.88. The van der Waals surface area contributed by atoms with Gasteiger partial charge in [-0.15, -0.1) is 0 Å². The van der Waals surface area contributed by atoms with Crippen molar-refractivity contribution in [2.24, 2.45) is 0 Å². The second kappa shape index (κ2) is 12.0. The molecule has 0 atom stereocenters. The maximum absolute atomic E-state index is 9.00. The zero-order valence-corrected chi connectivity index (χ0v) is 13.9. The zero-order chi connectivity index (χ0) is 8.08. The summed E-state index contributed by atoms with van der Waals surface area (Å²) in [5.41, 5.74) is 0. The molecule has 0 spiro atoms. The van der Waals surface area contributed by atoms with E-state index in [1.54, 1.807) is 0 Å². The van der Waals surface area contributed by atoms with Crippen molar-refractivity contribution in [3.05, 3.63) is 0 Å². The van der Waals surface area contributed by atoms with Crippen molar-refractivity contribution in [2.45, 2.75) is 6.92 Å². The first-order valence-electron chi connectivity index (χ1n) is 1.71. The molecular formula is C2H7La2O6P. The molecule has 0 aromatic heterocycles. The summed E-state index contributed by atoms with van der Waals surface area (Å²) >= 11 is 0. The van der Waals surface area contributed by atoms with Gasteiger partial charge in [-0.3, -0.25) is 4.79 Å². The average Bonchev–Trinajstić information content (AvgIpc) is 1.19. The number of phosphoric acid groups is 1. The van der Waals surface area contributed by atoms with Crippen LogP contribution in [-0.4, -0.2) is 25.8 Å². The third-order valence-electron chi connectivity index (χ3n) is 0. The molecule has 0 aliphatic rings. The number of rotatable bonds is 0. The van der Waals surface area contributed by atoms with Crippen LogP contribution in [0.3, 0.4) is 0 Å². The summed E-state index contributed by atoms with van der Waals surface area (Å²) in [6, 6.07) is 0. The first-order valence-corrected chi connectivity index (χ1v) is 3.28. The van der Waals surface area contributed by atoms with Gasteiger partial charge in [-0.05, 0) is 0 Å². The molecule has 0 bridgehead atoms. The largest absolute Gasteiger partial charge is 0.481 e. The van der Waals surface area contributed by atoms with Crippen molar-refractivity contribution in [1.82, 2.24) is 0 Å². The van der Waals surface area contributed by atoms with Crippen LogP contribution >= 0.6 is 7.82 Å². The second-order valence-corrected chi connectivity index (χ2v) is 2.06. The molecule has 0 heterocycles. The van der Waals surface area contributed by atoms with Crippen LogP contribution in [0.15, 0.2) is 0 Å². The second-order valence-electron chi connectivity index (χ2n) is 1.03. The van der Waals surface area contributed by atoms with Gasteiger partial charge in [0.2, 0.25) is 0 Å². The van der Waals surface area contributed by atoms with E-state index in [0.717, 1.165) is 6.92 Å². The number of aliphatic carboxylic acids is 1. The van der Waals surface area contributed by atoms with Gasteiger partial charge in [0, 0.05) is 78.1 Å². The van der Waals surface area contributed by atoms with E-state index in [1.807, 2.05) is 0 Å². The minimum Gasteiger partial charge on any atom is -0.481 e. The minimum atomic E-state index is -4.64. The molecule has 0 fully saturated rings. The third-order valence-corrected chi connectivity index (χ3v) is 0. The first kappa shape index (κ1) is 23.1. The Morgan fingerprint density at radius 3 is 1.18 bits per heavy atom. The summed E-state index contributed by atoms with van der Waals surface area (Å²) in [6.07, 6.45) is 0. The fraction of sp³-hybridized carbons (Fsp3) is 0.500. The molecule has 0 unspecified atom stereocenters. The first-order chi connectivity index (χ1) is 3.73. The van der Waals surface area contributed by atoms with E-state index < -0.39 is 13.8 Å². The summed E-state index contributed by atoms with van der Waals surface area (Å²) in [7, 11) is -4.64. The number of hydrogen-bond donors (Lipinski definition) is 4. The SMILES string of the molecule is CC(=O)O.O=P(O)(O)O.[La].[La]. The van der Waals surface area contributed by atoms with Gasteiger partial charge in [-0.25, -0.2) is 4.57 Å². The molecule has 4 N–H and O–H groups in total. The Labute approximate surface area is 119 Å². The summed E-state index contributed by atoms with van der Waals surface area (Å²) in [4.78, 5) is 30.6. The van der Waals surface area contributed by atoms with Crippen LogP contribution in [0.4, 0.5) is 0 Å². The Balaban J connectivity index is -0.0000000383. The Kier molecular flexibility index (Phi) is 25.1. The monoisotopic (exact) mass is 436 g/mol. The molecule has 9 heteroatoms. The third kappa shape index (κ3) is 307. The summed E-state index contributed by atoms with van der Waals surface area (Å²) in [5.74, 6) is -0.833. The van der Waals surface area contributed by atoms with Crippen LogP contribution < -0.4 is 0 Å². The van der Waals surface area contributed by atoms with Gasteiger partial charge in [0.05, 0.1) is 0 Å². The van der Waals surface area contributed by atoms with Crippen LogP contribution in [0.1, 0.15) is 6.92 Å². The Bertz CT molecular complexity index is 118. The van der Waals surface area contributed by atoms with Crippen molar-refractivity contribution in [1.29, 1.82) is 0 Å². The van der Waals surface area contributed by atoms with E-state index in [-0.39, 0.29) is 71.2 Å². The molecule has 62 valence electrons. The summed E-state index contributed by atoms with van der Waals surface area (Å²) in [6.45, 7) is 1.08. The van der Waals surface area contributed by atoms with Gasteiger partial charge >= 0.3 is 7.82 Å². The van der Waals surface area contributed by atoms with E-state index in [2.05, 4.69) is 0 Å². The van der Waals surface area contributed by atoms with Crippen molar-refractivity contribution >= 4 is 13.8 Å². The van der Waals surface area contributed by atoms with Crippen molar-refractivity contribution in [2.75, 3.05) is 0 Å². The molecule has 0 rings (SSSR count). The van der Waals surface area contributed by atoms with Gasteiger partial charge in [0.15, 0.2) is 0 Å². The zero-order valence-electron chi connectivity index (χ0n) is 5.71. The molecule has 0 amide bonds. The van der Waals surface area contributed by atoms with Crippen LogP contribution in [0.25, 0.3) is 0 Å². The van der Waals surface area contributed by atoms with Crippen LogP contribution in [-0.2, 0) is 9.36 Å². The van der Waals surface area contributed by atoms with E-state index in [4.69, 9.17) is 29.1 Å². The van der Waals surface area contributed by atoms with Gasteiger partial charge in [0.1, 0.15) is 0 Å². The fourth-order valence-corrected chi connectivity index (χ4v) is 0. The molecule has 0 aromatic rings. The predicted octanol–water partition coefficient (Wildman–Crippen LogP) is -0.838. The van der Waals surface area contributed by atoms with E-state index >= 15 is 0 Å². The number of carboxylic acid groups (broad SMARTS) is 1. The molecule has 2 radical (unpaired) electrons. The number of hydrogen-bond acceptors (Lipinski definition) is 2. The minimum absolute atomic E-state index is 0. The van der Waals surface area contributed by atoms with Crippen molar-refractivity contribution in [3.63, 3.8) is 0 Å². The maximum Gasteiger partial charge on any atom is 0.466 e. The molecule has 0 aromatic carbocycles. The van der Waals surface area contributed by atoms with Crippen molar-refractivity contribution < 1.29 is 100 Å². The smallest absolute Gasteiger partial charge is 0.466 e. The van der Waals surface area contributed by atoms with Crippen LogP contribution in [0.2, 0.25) is 0 Å². The average molecular weight is 436 g/mol. The molecule has 11 heavy (non-hydrogen) atoms. The summed E-state index contributed by atoms with van der Waals surface area (Å²) in [5, 5.41) is 7.42. The molecule has 0 aliphatic carbocycles.